The van der Waals surface area contributed by atoms with Gasteiger partial charge < -0.3 is 19.9 Å². The number of methoxy groups -OCH3 is 1. The molecule has 0 atom stereocenters. The number of hydrogen-bond acceptors (Lipinski definition) is 8. The van der Waals surface area contributed by atoms with Crippen molar-refractivity contribution < 1.29 is 18.8 Å². The van der Waals surface area contributed by atoms with E-state index in [1.165, 1.54) is 19.5 Å². The molecule has 2 aromatic heterocycles. The summed E-state index contributed by atoms with van der Waals surface area (Å²) in [5.41, 5.74) is 1.09. The summed E-state index contributed by atoms with van der Waals surface area (Å²) in [6.07, 6.45) is 2.72. The number of ether oxygens (including phenoxy) is 1. The predicted octanol–water partition coefficient (Wildman–Crippen LogP) is 2.56. The highest BCUT2D eigenvalue weighted by molar-refractivity contribution is 6.03. The van der Waals surface area contributed by atoms with Crippen LogP contribution in [0.2, 0.25) is 0 Å². The van der Waals surface area contributed by atoms with Crippen LogP contribution in [0.4, 0.5) is 17.5 Å². The number of aromatic nitrogens is 3. The molecule has 3 rings (SSSR count). The van der Waals surface area contributed by atoms with Crippen LogP contribution in [0.3, 0.4) is 0 Å². The lowest BCUT2D eigenvalue weighted by Gasteiger charge is -2.09. The minimum Gasteiger partial charge on any atom is -0.465 e. The molecule has 9 nitrogen and oxygen atoms in total. The third-order valence-corrected chi connectivity index (χ3v) is 3.36. The molecule has 0 saturated heterocycles. The number of aryl methyl sites for hydroxylation is 1. The van der Waals surface area contributed by atoms with E-state index in [0.29, 0.717) is 22.8 Å². The number of nitrogens with one attached hydrogen (secondary N) is 2. The fourth-order valence-electron chi connectivity index (χ4n) is 2.12. The van der Waals surface area contributed by atoms with E-state index < -0.39 is 11.9 Å². The molecular weight excluding hydrogens is 338 g/mol. The molecule has 1 aromatic carbocycles. The van der Waals surface area contributed by atoms with Gasteiger partial charge in [0.2, 0.25) is 5.95 Å². The van der Waals surface area contributed by atoms with Gasteiger partial charge in [0.15, 0.2) is 5.82 Å². The Labute approximate surface area is 148 Å². The van der Waals surface area contributed by atoms with E-state index in [0.717, 1.165) is 0 Å². The number of benzene rings is 1. The standard InChI is InChI=1S/C17H15N5O4/c1-10-7-14(22-26-10)21-15(23)11-8-18-17(19-9-11)20-13-6-4-3-5-12(13)16(24)25-2/h3-9H,1-2H3,(H,18,19,20)(H,21,22,23). The van der Waals surface area contributed by atoms with Crippen molar-refractivity contribution in [3.05, 3.63) is 59.6 Å². The summed E-state index contributed by atoms with van der Waals surface area (Å²) < 4.78 is 9.62. The molecule has 0 unspecified atom stereocenters. The maximum Gasteiger partial charge on any atom is 0.339 e. The molecule has 0 aliphatic heterocycles. The monoisotopic (exact) mass is 353 g/mol. The molecule has 0 fully saturated rings. The number of esters is 1. The van der Waals surface area contributed by atoms with Crippen molar-refractivity contribution in [3.8, 4) is 0 Å². The Balaban J connectivity index is 1.72. The molecule has 132 valence electrons. The summed E-state index contributed by atoms with van der Waals surface area (Å²) in [4.78, 5) is 32.1. The third kappa shape index (κ3) is 3.83. The number of nitrogens with zero attached hydrogens (tertiary/aromatic N) is 3. The van der Waals surface area contributed by atoms with Crippen LogP contribution in [0, 0.1) is 6.92 Å². The van der Waals surface area contributed by atoms with Crippen molar-refractivity contribution in [2.75, 3.05) is 17.7 Å². The lowest BCUT2D eigenvalue weighted by molar-refractivity contribution is 0.0601. The highest BCUT2D eigenvalue weighted by atomic mass is 16.5. The van der Waals surface area contributed by atoms with Crippen LogP contribution in [0.1, 0.15) is 26.5 Å². The van der Waals surface area contributed by atoms with Crippen LogP contribution >= 0.6 is 0 Å². The SMILES string of the molecule is COC(=O)c1ccccc1Nc1ncc(C(=O)Nc2cc(C)on2)cn1. The van der Waals surface area contributed by atoms with Crippen molar-refractivity contribution in [2.45, 2.75) is 6.92 Å². The molecule has 3 aromatic rings. The normalized spacial score (nSPS) is 10.2. The Hall–Kier alpha value is -3.75. The lowest BCUT2D eigenvalue weighted by Crippen LogP contribution is -2.13. The zero-order chi connectivity index (χ0) is 18.5. The molecule has 26 heavy (non-hydrogen) atoms. The minimum atomic E-state index is -0.480. The van der Waals surface area contributed by atoms with Gasteiger partial charge in [-0.3, -0.25) is 4.79 Å². The second-order valence-corrected chi connectivity index (χ2v) is 5.23. The fraction of sp³-hybridized carbons (Fsp3) is 0.118. The Bertz CT molecular complexity index is 936. The highest BCUT2D eigenvalue weighted by Gasteiger charge is 2.13. The van der Waals surface area contributed by atoms with Gasteiger partial charge in [0, 0.05) is 18.5 Å². The van der Waals surface area contributed by atoms with Gasteiger partial charge in [0.1, 0.15) is 5.76 Å². The van der Waals surface area contributed by atoms with Crippen molar-refractivity contribution in [1.29, 1.82) is 0 Å². The summed E-state index contributed by atoms with van der Waals surface area (Å²) in [6.45, 7) is 1.72. The Morgan fingerprint density at radius 3 is 2.54 bits per heavy atom. The number of carbonyl (C=O) groups is 2. The second kappa shape index (κ2) is 7.43. The first-order valence-corrected chi connectivity index (χ1v) is 7.58. The number of carbonyl (C=O) groups excluding carboxylic acids is 2. The van der Waals surface area contributed by atoms with Gasteiger partial charge in [0.25, 0.3) is 5.91 Å². The number of para-hydroxylation sites is 1. The highest BCUT2D eigenvalue weighted by Crippen LogP contribution is 2.19. The number of hydrogen-bond donors (Lipinski definition) is 2. The van der Waals surface area contributed by atoms with Crippen LogP contribution < -0.4 is 10.6 Å². The summed E-state index contributed by atoms with van der Waals surface area (Å²) in [7, 11) is 1.30. The van der Waals surface area contributed by atoms with E-state index in [9.17, 15) is 9.59 Å². The molecule has 2 N–H and O–H groups in total. The van der Waals surface area contributed by atoms with Gasteiger partial charge in [-0.1, -0.05) is 17.3 Å². The van der Waals surface area contributed by atoms with Crippen LogP contribution in [0.25, 0.3) is 0 Å². The predicted molar refractivity (Wildman–Crippen MR) is 92.3 cm³/mol. The minimum absolute atomic E-state index is 0.232. The average Bonchev–Trinajstić information content (AvgIpc) is 3.07. The number of anilines is 3. The Morgan fingerprint density at radius 1 is 1.15 bits per heavy atom. The first-order valence-electron chi connectivity index (χ1n) is 7.58. The molecule has 0 aliphatic rings. The first kappa shape index (κ1) is 17.1. The number of amides is 1. The summed E-state index contributed by atoms with van der Waals surface area (Å²) in [5.74, 6) is 0.226. The molecule has 0 radical (unpaired) electrons. The van der Waals surface area contributed by atoms with E-state index in [4.69, 9.17) is 9.26 Å². The molecule has 0 spiro atoms. The second-order valence-electron chi connectivity index (χ2n) is 5.23. The maximum atomic E-state index is 12.1. The Kier molecular flexibility index (Phi) is 4.88. The lowest BCUT2D eigenvalue weighted by atomic mass is 10.2. The van der Waals surface area contributed by atoms with E-state index in [1.807, 2.05) is 0 Å². The zero-order valence-electron chi connectivity index (χ0n) is 14.0. The summed E-state index contributed by atoms with van der Waals surface area (Å²) >= 11 is 0. The average molecular weight is 353 g/mol. The van der Waals surface area contributed by atoms with Crippen molar-refractivity contribution in [1.82, 2.24) is 15.1 Å². The van der Waals surface area contributed by atoms with Gasteiger partial charge in [0.05, 0.1) is 23.9 Å². The molecule has 0 aliphatic carbocycles. The molecule has 1 amide bonds. The van der Waals surface area contributed by atoms with Crippen molar-refractivity contribution in [3.63, 3.8) is 0 Å². The molecular formula is C17H15N5O4. The van der Waals surface area contributed by atoms with Gasteiger partial charge in [-0.05, 0) is 19.1 Å². The number of rotatable bonds is 5. The van der Waals surface area contributed by atoms with Gasteiger partial charge in [-0.15, -0.1) is 0 Å². The Morgan fingerprint density at radius 2 is 1.88 bits per heavy atom. The van der Waals surface area contributed by atoms with Gasteiger partial charge in [-0.25, -0.2) is 14.8 Å². The molecule has 0 saturated carbocycles. The van der Waals surface area contributed by atoms with Crippen LogP contribution in [0.15, 0.2) is 47.2 Å². The summed E-state index contributed by atoms with van der Waals surface area (Å²) in [5, 5.41) is 9.18. The smallest absolute Gasteiger partial charge is 0.339 e. The van der Waals surface area contributed by atoms with Crippen LogP contribution in [0.5, 0.6) is 0 Å². The van der Waals surface area contributed by atoms with E-state index >= 15 is 0 Å². The van der Waals surface area contributed by atoms with Gasteiger partial charge in [-0.2, -0.15) is 0 Å². The van der Waals surface area contributed by atoms with E-state index in [2.05, 4.69) is 25.8 Å². The molecule has 2 heterocycles. The first-order chi connectivity index (χ1) is 12.6. The van der Waals surface area contributed by atoms with Crippen molar-refractivity contribution >= 4 is 29.3 Å². The largest absolute Gasteiger partial charge is 0.465 e. The topological polar surface area (TPSA) is 119 Å². The molecule has 0 bridgehead atoms. The van der Waals surface area contributed by atoms with Gasteiger partial charge >= 0.3 is 5.97 Å². The van der Waals surface area contributed by atoms with E-state index in [1.54, 1.807) is 37.3 Å². The van der Waals surface area contributed by atoms with E-state index in [-0.39, 0.29) is 11.5 Å². The third-order valence-electron chi connectivity index (χ3n) is 3.36. The molecule has 9 heteroatoms. The van der Waals surface area contributed by atoms with Crippen LogP contribution in [-0.4, -0.2) is 34.1 Å². The summed E-state index contributed by atoms with van der Waals surface area (Å²) in [6, 6.07) is 8.39. The fourth-order valence-corrected chi connectivity index (χ4v) is 2.12. The quantitative estimate of drug-likeness (QED) is 0.672. The van der Waals surface area contributed by atoms with Crippen molar-refractivity contribution in [2.24, 2.45) is 0 Å². The zero-order valence-corrected chi connectivity index (χ0v) is 14.0. The van der Waals surface area contributed by atoms with Crippen LogP contribution in [-0.2, 0) is 4.74 Å². The maximum absolute atomic E-state index is 12.1.